The third-order valence-electron chi connectivity index (χ3n) is 2.75. The molecule has 3 unspecified atom stereocenters. The molecule has 0 bridgehead atoms. The van der Waals surface area contributed by atoms with Gasteiger partial charge in [-0.05, 0) is 26.3 Å². The van der Waals surface area contributed by atoms with E-state index in [0.717, 1.165) is 5.56 Å². The van der Waals surface area contributed by atoms with Crippen LogP contribution < -0.4 is 0 Å². The van der Waals surface area contributed by atoms with Crippen LogP contribution >= 0.6 is 0 Å². The molecule has 0 aliphatic carbocycles. The van der Waals surface area contributed by atoms with Gasteiger partial charge in [0.25, 0.3) is 0 Å². The molecule has 0 saturated carbocycles. The molecule has 0 aliphatic heterocycles. The Morgan fingerprint density at radius 3 is 2.41 bits per heavy atom. The third kappa shape index (κ3) is 4.18. The summed E-state index contributed by atoms with van der Waals surface area (Å²) < 4.78 is 5.64. The highest BCUT2D eigenvalue weighted by Crippen LogP contribution is 2.20. The summed E-state index contributed by atoms with van der Waals surface area (Å²) in [7, 11) is 0. The van der Waals surface area contributed by atoms with Crippen molar-refractivity contribution in [2.75, 3.05) is 0 Å². The highest BCUT2D eigenvalue weighted by atomic mass is 16.5. The van der Waals surface area contributed by atoms with E-state index in [1.54, 1.807) is 20.8 Å². The van der Waals surface area contributed by atoms with Crippen LogP contribution in [0, 0.1) is 11.3 Å². The number of aliphatic hydroxyl groups is 1. The second kappa shape index (κ2) is 5.81. The average Bonchev–Trinajstić information content (AvgIpc) is 2.30. The number of hydrogen-bond donors (Lipinski definition) is 1. The SMILES string of the molecule is CC(O)C(C)OC(C)(C#N)Cc1ccccc1. The molecule has 0 saturated heterocycles. The molecule has 1 N–H and O–H groups in total. The van der Waals surface area contributed by atoms with Gasteiger partial charge in [0.05, 0.1) is 18.3 Å². The molecule has 0 aromatic heterocycles. The quantitative estimate of drug-likeness (QED) is 0.849. The summed E-state index contributed by atoms with van der Waals surface area (Å²) in [6.45, 7) is 5.18. The largest absolute Gasteiger partial charge is 0.391 e. The number of benzene rings is 1. The molecule has 3 atom stereocenters. The van der Waals surface area contributed by atoms with Gasteiger partial charge in [0.15, 0.2) is 5.60 Å². The summed E-state index contributed by atoms with van der Waals surface area (Å²) in [6.07, 6.45) is -0.427. The van der Waals surface area contributed by atoms with Gasteiger partial charge in [-0.3, -0.25) is 0 Å². The molecule has 0 radical (unpaired) electrons. The molecular weight excluding hydrogens is 214 g/mol. The van der Waals surface area contributed by atoms with Crippen molar-refractivity contribution in [2.45, 2.75) is 45.0 Å². The van der Waals surface area contributed by atoms with Crippen LogP contribution in [0.1, 0.15) is 26.3 Å². The minimum Gasteiger partial charge on any atom is -0.391 e. The van der Waals surface area contributed by atoms with Crippen molar-refractivity contribution >= 4 is 0 Å². The van der Waals surface area contributed by atoms with Crippen LogP contribution in [0.4, 0.5) is 0 Å². The predicted octanol–water partition coefficient (Wildman–Crippen LogP) is 2.30. The summed E-state index contributed by atoms with van der Waals surface area (Å²) in [5, 5.41) is 18.6. The molecule has 0 amide bonds. The van der Waals surface area contributed by atoms with Crippen molar-refractivity contribution in [3.63, 3.8) is 0 Å². The molecule has 3 nitrogen and oxygen atoms in total. The van der Waals surface area contributed by atoms with E-state index < -0.39 is 11.7 Å². The fourth-order valence-corrected chi connectivity index (χ4v) is 1.60. The van der Waals surface area contributed by atoms with Gasteiger partial charge in [-0.1, -0.05) is 30.3 Å². The zero-order valence-electron chi connectivity index (χ0n) is 10.6. The summed E-state index contributed by atoms with van der Waals surface area (Å²) in [4.78, 5) is 0. The van der Waals surface area contributed by atoms with Crippen molar-refractivity contribution in [1.29, 1.82) is 5.26 Å². The highest BCUT2D eigenvalue weighted by molar-refractivity contribution is 5.20. The number of rotatable bonds is 5. The summed E-state index contributed by atoms with van der Waals surface area (Å²) in [6, 6.07) is 11.9. The highest BCUT2D eigenvalue weighted by Gasteiger charge is 2.29. The Bertz CT molecular complexity index is 383. The van der Waals surface area contributed by atoms with E-state index in [1.165, 1.54) is 0 Å². The molecule has 17 heavy (non-hydrogen) atoms. The normalized spacial score (nSPS) is 17.8. The van der Waals surface area contributed by atoms with Gasteiger partial charge < -0.3 is 9.84 Å². The van der Waals surface area contributed by atoms with Gasteiger partial charge in [-0.25, -0.2) is 0 Å². The molecule has 0 spiro atoms. The Kier molecular flexibility index (Phi) is 4.68. The summed E-state index contributed by atoms with van der Waals surface area (Å²) in [5.74, 6) is 0. The zero-order valence-corrected chi connectivity index (χ0v) is 10.6. The first-order valence-corrected chi connectivity index (χ1v) is 5.78. The monoisotopic (exact) mass is 233 g/mol. The molecule has 92 valence electrons. The molecule has 1 aromatic carbocycles. The van der Waals surface area contributed by atoms with E-state index >= 15 is 0 Å². The van der Waals surface area contributed by atoms with Crippen molar-refractivity contribution in [2.24, 2.45) is 0 Å². The van der Waals surface area contributed by atoms with E-state index in [4.69, 9.17) is 4.74 Å². The maximum Gasteiger partial charge on any atom is 0.155 e. The fraction of sp³-hybridized carbons (Fsp3) is 0.500. The van der Waals surface area contributed by atoms with E-state index in [0.29, 0.717) is 6.42 Å². The topological polar surface area (TPSA) is 53.2 Å². The Morgan fingerprint density at radius 2 is 1.94 bits per heavy atom. The second-order valence-electron chi connectivity index (χ2n) is 4.57. The number of ether oxygens (including phenoxy) is 1. The molecular formula is C14H19NO2. The van der Waals surface area contributed by atoms with Gasteiger partial charge in [-0.15, -0.1) is 0 Å². The van der Waals surface area contributed by atoms with Crippen LogP contribution in [0.15, 0.2) is 30.3 Å². The number of hydrogen-bond acceptors (Lipinski definition) is 3. The Hall–Kier alpha value is -1.37. The lowest BCUT2D eigenvalue weighted by molar-refractivity contribution is -0.0868. The minimum atomic E-state index is -0.905. The first-order chi connectivity index (χ1) is 7.97. The minimum absolute atomic E-state index is 0.358. The smallest absolute Gasteiger partial charge is 0.155 e. The van der Waals surface area contributed by atoms with Crippen LogP contribution in [0.3, 0.4) is 0 Å². The lowest BCUT2D eigenvalue weighted by atomic mass is 9.97. The fourth-order valence-electron chi connectivity index (χ4n) is 1.60. The van der Waals surface area contributed by atoms with Crippen LogP contribution in [0.2, 0.25) is 0 Å². The van der Waals surface area contributed by atoms with Gasteiger partial charge in [0.2, 0.25) is 0 Å². The summed E-state index contributed by atoms with van der Waals surface area (Å²) >= 11 is 0. The standard InChI is InChI=1S/C14H19NO2/c1-11(16)12(2)17-14(3,10-15)9-13-7-5-4-6-8-13/h4-8,11-12,16H,9H2,1-3H3. The first-order valence-electron chi connectivity index (χ1n) is 5.78. The predicted molar refractivity (Wildman–Crippen MR) is 66.4 cm³/mol. The van der Waals surface area contributed by atoms with Crippen LogP contribution in [0.5, 0.6) is 0 Å². The Morgan fingerprint density at radius 1 is 1.35 bits per heavy atom. The van der Waals surface area contributed by atoms with Crippen molar-refractivity contribution < 1.29 is 9.84 Å². The maximum atomic E-state index is 9.41. The molecule has 1 aromatic rings. The molecule has 1 rings (SSSR count). The number of aliphatic hydroxyl groups excluding tert-OH is 1. The van der Waals surface area contributed by atoms with Crippen molar-refractivity contribution in [1.82, 2.24) is 0 Å². The molecule has 0 heterocycles. The van der Waals surface area contributed by atoms with Gasteiger partial charge in [0, 0.05) is 6.42 Å². The number of nitrogens with zero attached hydrogens (tertiary/aromatic N) is 1. The van der Waals surface area contributed by atoms with Crippen molar-refractivity contribution in [3.8, 4) is 6.07 Å². The molecule has 3 heteroatoms. The maximum absolute atomic E-state index is 9.41. The van der Waals surface area contributed by atoms with Gasteiger partial charge >= 0.3 is 0 Å². The Balaban J connectivity index is 2.73. The summed E-state index contributed by atoms with van der Waals surface area (Å²) in [5.41, 5.74) is 0.145. The molecule has 0 aliphatic rings. The van der Waals surface area contributed by atoms with Crippen LogP contribution in [-0.4, -0.2) is 22.9 Å². The lowest BCUT2D eigenvalue weighted by Gasteiger charge is -2.28. The number of nitriles is 1. The van der Waals surface area contributed by atoms with Gasteiger partial charge in [0.1, 0.15) is 0 Å². The van der Waals surface area contributed by atoms with Crippen LogP contribution in [-0.2, 0) is 11.2 Å². The van der Waals surface area contributed by atoms with E-state index in [9.17, 15) is 10.4 Å². The average molecular weight is 233 g/mol. The van der Waals surface area contributed by atoms with Crippen molar-refractivity contribution in [3.05, 3.63) is 35.9 Å². The Labute approximate surface area is 103 Å². The lowest BCUT2D eigenvalue weighted by Crippen LogP contribution is -2.37. The third-order valence-corrected chi connectivity index (χ3v) is 2.75. The first kappa shape index (κ1) is 13.7. The van der Waals surface area contributed by atoms with E-state index in [1.807, 2.05) is 30.3 Å². The molecule has 0 fully saturated rings. The van der Waals surface area contributed by atoms with E-state index in [-0.39, 0.29) is 6.10 Å². The zero-order chi connectivity index (χ0) is 12.9. The van der Waals surface area contributed by atoms with Crippen LogP contribution in [0.25, 0.3) is 0 Å². The van der Waals surface area contributed by atoms with Gasteiger partial charge in [-0.2, -0.15) is 5.26 Å². The van der Waals surface area contributed by atoms with E-state index in [2.05, 4.69) is 6.07 Å². The second-order valence-corrected chi connectivity index (χ2v) is 4.57.